The molecule has 1 spiro atoms. The largest absolute Gasteiger partial charge is 0.326 e. The first kappa shape index (κ1) is 15.3. The van der Waals surface area contributed by atoms with Gasteiger partial charge in [-0.1, -0.05) is 0 Å². The molecular formula is C15H20ClFN2O. The lowest BCUT2D eigenvalue weighted by Crippen LogP contribution is -2.31. The average molecular weight is 299 g/mol. The summed E-state index contributed by atoms with van der Waals surface area (Å²) < 4.78 is 13.2. The summed E-state index contributed by atoms with van der Waals surface area (Å²) >= 11 is 0. The molecule has 1 unspecified atom stereocenters. The lowest BCUT2D eigenvalue weighted by molar-refractivity contribution is -0.118. The highest BCUT2D eigenvalue weighted by atomic mass is 35.5. The summed E-state index contributed by atoms with van der Waals surface area (Å²) in [5.41, 5.74) is 1.50. The smallest absolute Gasteiger partial charge is 0.228 e. The quantitative estimate of drug-likeness (QED) is 0.881. The fourth-order valence-electron chi connectivity index (χ4n) is 3.15. The van der Waals surface area contributed by atoms with Crippen molar-refractivity contribution < 1.29 is 9.18 Å². The number of rotatable bonds is 2. The summed E-state index contributed by atoms with van der Waals surface area (Å²) in [7, 11) is 0. The fourth-order valence-corrected chi connectivity index (χ4v) is 3.15. The maximum atomic E-state index is 13.2. The van der Waals surface area contributed by atoms with Crippen LogP contribution in [-0.2, 0) is 4.79 Å². The Bertz CT molecular complexity index is 515. The number of halogens is 2. The van der Waals surface area contributed by atoms with Gasteiger partial charge in [0, 0.05) is 11.6 Å². The van der Waals surface area contributed by atoms with E-state index in [1.807, 2.05) is 0 Å². The molecular weight excluding hydrogens is 279 g/mol. The molecule has 1 saturated heterocycles. The van der Waals surface area contributed by atoms with Crippen molar-refractivity contribution >= 4 is 24.0 Å². The molecule has 2 aliphatic rings. The van der Waals surface area contributed by atoms with Gasteiger partial charge in [0.2, 0.25) is 5.91 Å². The molecule has 1 aromatic rings. The molecule has 1 saturated carbocycles. The van der Waals surface area contributed by atoms with Gasteiger partial charge in [-0.15, -0.1) is 12.4 Å². The summed E-state index contributed by atoms with van der Waals surface area (Å²) in [4.78, 5) is 12.2. The van der Waals surface area contributed by atoms with Gasteiger partial charge >= 0.3 is 0 Å². The molecule has 1 atom stereocenters. The van der Waals surface area contributed by atoms with E-state index >= 15 is 0 Å². The molecule has 1 aromatic carbocycles. The monoisotopic (exact) mass is 298 g/mol. The van der Waals surface area contributed by atoms with Gasteiger partial charge in [-0.3, -0.25) is 4.79 Å². The van der Waals surface area contributed by atoms with Crippen molar-refractivity contribution in [2.45, 2.75) is 26.2 Å². The predicted octanol–water partition coefficient (Wildman–Crippen LogP) is 2.88. The SMILES string of the molecule is Cc1cc(NC(=O)C2CC23CCNCC3)ccc1F.Cl. The number of benzene rings is 1. The van der Waals surface area contributed by atoms with E-state index in [4.69, 9.17) is 0 Å². The van der Waals surface area contributed by atoms with Gasteiger partial charge in [0.1, 0.15) is 5.82 Å². The number of carbonyl (C=O) groups is 1. The highest BCUT2D eigenvalue weighted by Gasteiger charge is 2.57. The summed E-state index contributed by atoms with van der Waals surface area (Å²) in [6.07, 6.45) is 3.18. The van der Waals surface area contributed by atoms with Crippen molar-refractivity contribution in [2.75, 3.05) is 18.4 Å². The topological polar surface area (TPSA) is 41.1 Å². The van der Waals surface area contributed by atoms with Crippen molar-refractivity contribution in [3.63, 3.8) is 0 Å². The summed E-state index contributed by atoms with van der Waals surface area (Å²) in [5.74, 6) is -0.00730. The highest BCUT2D eigenvalue weighted by molar-refractivity contribution is 5.95. The van der Waals surface area contributed by atoms with Crippen LogP contribution in [0.1, 0.15) is 24.8 Å². The van der Waals surface area contributed by atoms with Gasteiger partial charge in [-0.25, -0.2) is 4.39 Å². The molecule has 0 aromatic heterocycles. The Morgan fingerprint density at radius 2 is 2.10 bits per heavy atom. The molecule has 1 aliphatic heterocycles. The summed E-state index contributed by atoms with van der Waals surface area (Å²) in [6, 6.07) is 4.71. The van der Waals surface area contributed by atoms with Crippen LogP contribution < -0.4 is 10.6 Å². The predicted molar refractivity (Wildman–Crippen MR) is 79.7 cm³/mol. The minimum Gasteiger partial charge on any atom is -0.326 e. The third kappa shape index (κ3) is 2.81. The molecule has 5 heteroatoms. The molecule has 0 bridgehead atoms. The fraction of sp³-hybridized carbons (Fsp3) is 0.533. The van der Waals surface area contributed by atoms with Crippen molar-refractivity contribution in [3.8, 4) is 0 Å². The number of amides is 1. The van der Waals surface area contributed by atoms with Gasteiger partial charge in [0.25, 0.3) is 0 Å². The van der Waals surface area contributed by atoms with Crippen molar-refractivity contribution in [3.05, 3.63) is 29.6 Å². The first-order chi connectivity index (χ1) is 9.11. The Hall–Kier alpha value is -1.13. The molecule has 2 N–H and O–H groups in total. The number of hydrogen-bond acceptors (Lipinski definition) is 2. The van der Waals surface area contributed by atoms with Crippen LogP contribution in [0, 0.1) is 24.1 Å². The Morgan fingerprint density at radius 3 is 2.75 bits per heavy atom. The van der Waals surface area contributed by atoms with E-state index in [0.717, 1.165) is 32.4 Å². The number of piperidine rings is 1. The van der Waals surface area contributed by atoms with Crippen LogP contribution in [0.25, 0.3) is 0 Å². The number of aryl methyl sites for hydroxylation is 1. The zero-order valence-corrected chi connectivity index (χ0v) is 12.4. The Morgan fingerprint density at radius 1 is 1.40 bits per heavy atom. The van der Waals surface area contributed by atoms with E-state index in [-0.39, 0.29) is 35.5 Å². The van der Waals surface area contributed by atoms with E-state index in [0.29, 0.717) is 11.3 Å². The van der Waals surface area contributed by atoms with Gasteiger partial charge in [0.05, 0.1) is 0 Å². The van der Waals surface area contributed by atoms with E-state index in [1.54, 1.807) is 19.1 Å². The lowest BCUT2D eigenvalue weighted by Gasteiger charge is -2.23. The van der Waals surface area contributed by atoms with Crippen LogP contribution in [0.5, 0.6) is 0 Å². The van der Waals surface area contributed by atoms with E-state index in [1.165, 1.54) is 6.07 Å². The molecule has 3 rings (SSSR count). The summed E-state index contributed by atoms with van der Waals surface area (Å²) in [6.45, 7) is 3.73. The molecule has 1 amide bonds. The van der Waals surface area contributed by atoms with Crippen molar-refractivity contribution in [1.82, 2.24) is 5.32 Å². The molecule has 3 nitrogen and oxygen atoms in total. The number of hydrogen-bond donors (Lipinski definition) is 2. The third-order valence-electron chi connectivity index (χ3n) is 4.53. The normalized spacial score (nSPS) is 23.0. The lowest BCUT2D eigenvalue weighted by atomic mass is 9.92. The third-order valence-corrected chi connectivity index (χ3v) is 4.53. The van der Waals surface area contributed by atoms with Gasteiger partial charge < -0.3 is 10.6 Å². The number of carbonyl (C=O) groups excluding carboxylic acids is 1. The Kier molecular flexibility index (Phi) is 4.35. The maximum absolute atomic E-state index is 13.2. The zero-order chi connectivity index (χ0) is 13.5. The van der Waals surface area contributed by atoms with Crippen LogP contribution in [0.15, 0.2) is 18.2 Å². The van der Waals surface area contributed by atoms with Crippen LogP contribution in [0.4, 0.5) is 10.1 Å². The van der Waals surface area contributed by atoms with E-state index in [2.05, 4.69) is 10.6 Å². The average Bonchev–Trinajstić information content (AvgIpc) is 3.08. The first-order valence-electron chi connectivity index (χ1n) is 6.88. The molecule has 1 heterocycles. The standard InChI is InChI=1S/C15H19FN2O.ClH/c1-10-8-11(2-3-13(10)16)18-14(19)12-9-15(12)4-6-17-7-5-15;/h2-3,8,12,17H,4-7,9H2,1H3,(H,18,19);1H. The van der Waals surface area contributed by atoms with Crippen LogP contribution in [-0.4, -0.2) is 19.0 Å². The van der Waals surface area contributed by atoms with Crippen LogP contribution in [0.2, 0.25) is 0 Å². The molecule has 2 fully saturated rings. The number of nitrogens with one attached hydrogen (secondary N) is 2. The maximum Gasteiger partial charge on any atom is 0.228 e. The minimum absolute atomic E-state index is 0. The second-order valence-corrected chi connectivity index (χ2v) is 5.82. The Labute approximate surface area is 124 Å². The molecule has 1 aliphatic carbocycles. The highest BCUT2D eigenvalue weighted by Crippen LogP contribution is 2.58. The second kappa shape index (κ2) is 5.70. The van der Waals surface area contributed by atoms with Crippen LogP contribution in [0.3, 0.4) is 0 Å². The molecule has 110 valence electrons. The zero-order valence-electron chi connectivity index (χ0n) is 11.5. The number of anilines is 1. The minimum atomic E-state index is -0.237. The van der Waals surface area contributed by atoms with E-state index in [9.17, 15) is 9.18 Å². The van der Waals surface area contributed by atoms with Crippen molar-refractivity contribution in [2.24, 2.45) is 11.3 Å². The molecule has 0 radical (unpaired) electrons. The summed E-state index contributed by atoms with van der Waals surface area (Å²) in [5, 5.41) is 6.25. The van der Waals surface area contributed by atoms with Crippen LogP contribution >= 0.6 is 12.4 Å². The van der Waals surface area contributed by atoms with Crippen molar-refractivity contribution in [1.29, 1.82) is 0 Å². The van der Waals surface area contributed by atoms with Gasteiger partial charge in [-0.05, 0) is 68.5 Å². The van der Waals surface area contributed by atoms with Gasteiger partial charge in [0.15, 0.2) is 0 Å². The van der Waals surface area contributed by atoms with E-state index < -0.39 is 0 Å². The Balaban J connectivity index is 0.00000147. The molecule has 20 heavy (non-hydrogen) atoms. The van der Waals surface area contributed by atoms with Gasteiger partial charge in [-0.2, -0.15) is 0 Å². The second-order valence-electron chi connectivity index (χ2n) is 5.82. The first-order valence-corrected chi connectivity index (χ1v) is 6.88.